The molecule has 2 aromatic carbocycles. The van der Waals surface area contributed by atoms with Gasteiger partial charge in [0, 0.05) is 12.8 Å². The number of nitrogens with one attached hydrogen (secondary N) is 1. The summed E-state index contributed by atoms with van der Waals surface area (Å²) in [5, 5.41) is 3.05. The van der Waals surface area contributed by atoms with Crippen molar-refractivity contribution in [2.24, 2.45) is 10.7 Å². The van der Waals surface area contributed by atoms with E-state index in [0.717, 1.165) is 16.8 Å². The van der Waals surface area contributed by atoms with Gasteiger partial charge in [-0.15, -0.1) is 0 Å². The van der Waals surface area contributed by atoms with Crippen LogP contribution in [0.4, 0.5) is 5.69 Å². The van der Waals surface area contributed by atoms with E-state index in [1.807, 2.05) is 54.6 Å². The first kappa shape index (κ1) is 14.1. The van der Waals surface area contributed by atoms with Gasteiger partial charge >= 0.3 is 0 Å². The molecule has 20 heavy (non-hydrogen) atoms. The molecule has 0 unspecified atom stereocenters. The zero-order chi connectivity index (χ0) is 14.2. The molecular formula is C16H19N3O. The van der Waals surface area contributed by atoms with Gasteiger partial charge in [0.25, 0.3) is 0 Å². The summed E-state index contributed by atoms with van der Waals surface area (Å²) in [4.78, 5) is 4.32. The molecule has 0 radical (unpaired) electrons. The maximum Gasteiger partial charge on any atom is 0.193 e. The number of para-hydroxylation sites is 1. The molecule has 4 heteroatoms. The van der Waals surface area contributed by atoms with Gasteiger partial charge in [-0.3, -0.25) is 0 Å². The highest BCUT2D eigenvalue weighted by molar-refractivity contribution is 5.92. The number of hydrogen-bond donors (Lipinski definition) is 2. The Hall–Kier alpha value is -2.33. The molecule has 0 bridgehead atoms. The maximum atomic E-state index is 5.85. The van der Waals surface area contributed by atoms with Crippen LogP contribution in [0.5, 0.6) is 0 Å². The Kier molecular flexibility index (Phi) is 5.15. The summed E-state index contributed by atoms with van der Waals surface area (Å²) in [7, 11) is 1.69. The summed E-state index contributed by atoms with van der Waals surface area (Å²) >= 11 is 0. The Labute approximate surface area is 119 Å². The van der Waals surface area contributed by atoms with Crippen LogP contribution in [0.15, 0.2) is 59.6 Å². The lowest BCUT2D eigenvalue weighted by atomic mass is 10.1. The average molecular weight is 269 g/mol. The Morgan fingerprint density at radius 1 is 1.05 bits per heavy atom. The zero-order valence-electron chi connectivity index (χ0n) is 11.5. The number of nitrogens with two attached hydrogens (primary N) is 1. The Bertz CT molecular complexity index is 550. The summed E-state index contributed by atoms with van der Waals surface area (Å²) < 4.78 is 5.07. The monoisotopic (exact) mass is 269 g/mol. The first-order chi connectivity index (χ1) is 9.78. The fraction of sp³-hybridized carbons (Fsp3) is 0.188. The van der Waals surface area contributed by atoms with Gasteiger partial charge in [-0.25, -0.2) is 4.99 Å². The topological polar surface area (TPSA) is 59.6 Å². The Balaban J connectivity index is 1.91. The van der Waals surface area contributed by atoms with Crippen LogP contribution < -0.4 is 11.1 Å². The van der Waals surface area contributed by atoms with Gasteiger partial charge in [0.15, 0.2) is 5.96 Å². The fourth-order valence-corrected chi connectivity index (χ4v) is 1.79. The maximum absolute atomic E-state index is 5.85. The molecule has 3 N–H and O–H groups in total. The van der Waals surface area contributed by atoms with Crippen molar-refractivity contribution >= 4 is 11.6 Å². The number of methoxy groups -OCH3 is 1. The summed E-state index contributed by atoms with van der Waals surface area (Å²) in [6, 6.07) is 17.9. The Morgan fingerprint density at radius 3 is 2.35 bits per heavy atom. The van der Waals surface area contributed by atoms with Crippen molar-refractivity contribution < 1.29 is 4.74 Å². The fourth-order valence-electron chi connectivity index (χ4n) is 1.79. The van der Waals surface area contributed by atoms with E-state index in [-0.39, 0.29) is 0 Å². The van der Waals surface area contributed by atoms with Crippen LogP contribution in [0.25, 0.3) is 0 Å². The summed E-state index contributed by atoms with van der Waals surface area (Å²) in [6.45, 7) is 1.18. The lowest BCUT2D eigenvalue weighted by molar-refractivity contribution is 0.185. The molecule has 104 valence electrons. The van der Waals surface area contributed by atoms with Crippen molar-refractivity contribution in [2.75, 3.05) is 12.4 Å². The SMILES string of the molecule is COCc1ccc(CN=C(N)Nc2ccccc2)cc1. The number of rotatable bonds is 5. The number of ether oxygens (including phenoxy) is 1. The zero-order valence-corrected chi connectivity index (χ0v) is 11.5. The number of anilines is 1. The molecule has 2 aromatic rings. The third-order valence-corrected chi connectivity index (χ3v) is 2.81. The molecule has 4 nitrogen and oxygen atoms in total. The molecule has 0 aliphatic rings. The highest BCUT2D eigenvalue weighted by atomic mass is 16.5. The van der Waals surface area contributed by atoms with E-state index in [4.69, 9.17) is 10.5 Å². The van der Waals surface area contributed by atoms with Gasteiger partial charge in [-0.1, -0.05) is 42.5 Å². The van der Waals surface area contributed by atoms with Crippen LogP contribution in [0, 0.1) is 0 Å². The minimum absolute atomic E-state index is 0.414. The van der Waals surface area contributed by atoms with E-state index in [2.05, 4.69) is 10.3 Å². The van der Waals surface area contributed by atoms with Crippen LogP contribution in [0.2, 0.25) is 0 Å². The summed E-state index contributed by atoms with van der Waals surface area (Å²) in [5.41, 5.74) is 9.05. The van der Waals surface area contributed by atoms with E-state index >= 15 is 0 Å². The quantitative estimate of drug-likeness (QED) is 0.648. The average Bonchev–Trinajstić information content (AvgIpc) is 2.48. The van der Waals surface area contributed by atoms with Crippen molar-refractivity contribution in [3.63, 3.8) is 0 Å². The smallest absolute Gasteiger partial charge is 0.193 e. The van der Waals surface area contributed by atoms with E-state index in [1.54, 1.807) is 7.11 Å². The van der Waals surface area contributed by atoms with E-state index < -0.39 is 0 Å². The highest BCUT2D eigenvalue weighted by Crippen LogP contribution is 2.07. The van der Waals surface area contributed by atoms with Crippen LogP contribution in [0.3, 0.4) is 0 Å². The predicted molar refractivity (Wildman–Crippen MR) is 82.5 cm³/mol. The van der Waals surface area contributed by atoms with Crippen LogP contribution in [0.1, 0.15) is 11.1 Å². The number of aliphatic imine (C=N–C) groups is 1. The van der Waals surface area contributed by atoms with Crippen molar-refractivity contribution in [3.05, 3.63) is 65.7 Å². The molecule has 0 saturated heterocycles. The molecule has 0 heterocycles. The Morgan fingerprint density at radius 2 is 1.70 bits per heavy atom. The van der Waals surface area contributed by atoms with Crippen molar-refractivity contribution in [1.29, 1.82) is 0 Å². The second kappa shape index (κ2) is 7.31. The molecule has 0 amide bonds. The predicted octanol–water partition coefficient (Wildman–Crippen LogP) is 2.76. The van der Waals surface area contributed by atoms with Crippen molar-refractivity contribution in [1.82, 2.24) is 0 Å². The van der Waals surface area contributed by atoms with Crippen molar-refractivity contribution in [2.45, 2.75) is 13.2 Å². The summed E-state index contributed by atoms with van der Waals surface area (Å²) in [5.74, 6) is 0.414. The largest absolute Gasteiger partial charge is 0.380 e. The molecule has 0 aliphatic carbocycles. The lowest BCUT2D eigenvalue weighted by Crippen LogP contribution is -2.22. The molecule has 0 spiro atoms. The summed E-state index contributed by atoms with van der Waals surface area (Å²) in [6.07, 6.45) is 0. The third-order valence-electron chi connectivity index (χ3n) is 2.81. The second-order valence-corrected chi connectivity index (χ2v) is 4.44. The van der Waals surface area contributed by atoms with Gasteiger partial charge in [0.05, 0.1) is 13.2 Å². The first-order valence-corrected chi connectivity index (χ1v) is 6.46. The van der Waals surface area contributed by atoms with Crippen LogP contribution in [-0.2, 0) is 17.9 Å². The first-order valence-electron chi connectivity index (χ1n) is 6.46. The van der Waals surface area contributed by atoms with Crippen LogP contribution in [-0.4, -0.2) is 13.1 Å². The molecule has 0 aliphatic heterocycles. The van der Waals surface area contributed by atoms with Gasteiger partial charge in [0.1, 0.15) is 0 Å². The molecule has 0 atom stereocenters. The van der Waals surface area contributed by atoms with Crippen LogP contribution >= 0.6 is 0 Å². The molecule has 2 rings (SSSR count). The van der Waals surface area contributed by atoms with E-state index in [1.165, 1.54) is 0 Å². The van der Waals surface area contributed by atoms with Gasteiger partial charge in [0.2, 0.25) is 0 Å². The number of hydrogen-bond acceptors (Lipinski definition) is 2. The normalized spacial score (nSPS) is 11.3. The van der Waals surface area contributed by atoms with Gasteiger partial charge in [-0.2, -0.15) is 0 Å². The number of nitrogens with zero attached hydrogens (tertiary/aromatic N) is 1. The van der Waals surface area contributed by atoms with E-state index in [0.29, 0.717) is 19.1 Å². The number of guanidine groups is 1. The standard InChI is InChI=1S/C16H19N3O/c1-20-12-14-9-7-13(8-10-14)11-18-16(17)19-15-5-3-2-4-6-15/h2-10H,11-12H2,1H3,(H3,17,18,19). The van der Waals surface area contributed by atoms with Gasteiger partial charge in [-0.05, 0) is 23.3 Å². The molecular weight excluding hydrogens is 250 g/mol. The van der Waals surface area contributed by atoms with E-state index in [9.17, 15) is 0 Å². The van der Waals surface area contributed by atoms with Gasteiger partial charge < -0.3 is 15.8 Å². The second-order valence-electron chi connectivity index (χ2n) is 4.44. The molecule has 0 aromatic heterocycles. The third kappa shape index (κ3) is 4.40. The minimum Gasteiger partial charge on any atom is -0.380 e. The molecule has 0 saturated carbocycles. The molecule has 0 fully saturated rings. The highest BCUT2D eigenvalue weighted by Gasteiger charge is 1.96. The minimum atomic E-state index is 0.414. The lowest BCUT2D eigenvalue weighted by Gasteiger charge is -2.05. The number of benzene rings is 2. The van der Waals surface area contributed by atoms with Crippen molar-refractivity contribution in [3.8, 4) is 0 Å².